The zero-order chi connectivity index (χ0) is 49.6. The molecule has 1 aliphatic rings. The van der Waals surface area contributed by atoms with Crippen molar-refractivity contribution in [2.45, 2.75) is 71.2 Å². The van der Waals surface area contributed by atoms with Gasteiger partial charge in [-0.3, -0.25) is 14.4 Å². The smallest absolute Gasteiger partial charge is 0.246 e. The summed E-state index contributed by atoms with van der Waals surface area (Å²) in [6.07, 6.45) is 6.02. The third-order valence-electron chi connectivity index (χ3n) is 10.5. The van der Waals surface area contributed by atoms with E-state index in [1.165, 1.54) is 16.8 Å². The van der Waals surface area contributed by atoms with Gasteiger partial charge in [-0.15, -0.1) is 11.3 Å². The normalized spacial score (nSPS) is 14.4. The summed E-state index contributed by atoms with van der Waals surface area (Å²) < 4.78 is 34.7. The molecule has 2 unspecified atom stereocenters. The highest BCUT2D eigenvalue weighted by molar-refractivity contribution is 9.10. The maximum absolute atomic E-state index is 13.9. The molecule has 5 rings (SSSR count). The Kier molecular flexibility index (Phi) is 22.9. The average Bonchev–Trinajstić information content (AvgIpc) is 4.00. The molecule has 3 amide bonds. The lowest BCUT2D eigenvalue weighted by molar-refractivity contribution is -0.144. The molecule has 2 atom stereocenters. The Morgan fingerprint density at radius 3 is 2.26 bits per heavy atom. The van der Waals surface area contributed by atoms with Crippen LogP contribution in [-0.4, -0.2) is 140 Å². The van der Waals surface area contributed by atoms with E-state index in [9.17, 15) is 14.4 Å². The first-order valence-electron chi connectivity index (χ1n) is 22.8. The zero-order valence-corrected chi connectivity index (χ0v) is 43.3. The number of ether oxygens (including phenoxy) is 6. The van der Waals surface area contributed by atoms with Crippen molar-refractivity contribution in [3.63, 3.8) is 0 Å². The van der Waals surface area contributed by atoms with Crippen molar-refractivity contribution in [3.8, 4) is 21.9 Å². The number of hydrogen-bond donors (Lipinski definition) is 4. The van der Waals surface area contributed by atoms with E-state index in [0.29, 0.717) is 94.5 Å². The molecular weight excluding hydrogens is 991 g/mol. The topological polar surface area (TPSA) is 228 Å². The molecule has 4 aromatic rings. The van der Waals surface area contributed by atoms with Crippen LogP contribution in [0.2, 0.25) is 0 Å². The highest BCUT2D eigenvalue weighted by atomic mass is 79.9. The molecule has 0 aliphatic carbocycles. The van der Waals surface area contributed by atoms with Crippen molar-refractivity contribution >= 4 is 56.8 Å². The van der Waals surface area contributed by atoms with Crippen LogP contribution in [0.15, 0.2) is 81.9 Å². The lowest BCUT2D eigenvalue weighted by Gasteiger charge is -2.35. The van der Waals surface area contributed by atoms with Gasteiger partial charge >= 0.3 is 0 Å². The number of thiazole rings is 1. The largest absolute Gasteiger partial charge is 0.492 e. The summed E-state index contributed by atoms with van der Waals surface area (Å²) in [5, 5.41) is 7.90. The molecule has 1 aliphatic heterocycles. The average molecular weight is 1060 g/mol. The van der Waals surface area contributed by atoms with Crippen molar-refractivity contribution in [1.82, 2.24) is 35.5 Å². The Morgan fingerprint density at radius 2 is 1.61 bits per heavy atom. The SMILES string of the molecule is Cc1ccc(OCCSc2ncc(OC/C(N)=C/N(N)CCOCCOCCOCCOCC(=O)NC(C(=O)N3CCCC3C(=O)NCc3ccc(-c4scnc4C)cc3)C(C)(C)C)cn2)c(Br)c1. The Balaban J connectivity index is 0.855. The number of nitrogens with zero attached hydrogens (tertiary/aromatic N) is 5. The lowest BCUT2D eigenvalue weighted by Crippen LogP contribution is -2.58. The van der Waals surface area contributed by atoms with Crippen LogP contribution in [0.5, 0.6) is 11.5 Å². The first-order chi connectivity index (χ1) is 33.2. The summed E-state index contributed by atoms with van der Waals surface area (Å²) in [5.41, 5.74) is 11.9. The van der Waals surface area contributed by atoms with Crippen LogP contribution in [0.4, 0.5) is 0 Å². The number of nitrogens with one attached hydrogen (secondary N) is 2. The summed E-state index contributed by atoms with van der Waals surface area (Å²) in [5.74, 6) is 7.07. The van der Waals surface area contributed by atoms with Crippen LogP contribution >= 0.6 is 39.0 Å². The van der Waals surface area contributed by atoms with Crippen LogP contribution in [0.1, 0.15) is 50.4 Å². The summed E-state index contributed by atoms with van der Waals surface area (Å²) >= 11 is 6.60. The number of hydrazine groups is 1. The molecule has 376 valence electrons. The monoisotopic (exact) mass is 1060 g/mol. The maximum Gasteiger partial charge on any atom is 0.246 e. The summed E-state index contributed by atoms with van der Waals surface area (Å²) in [4.78, 5) is 55.9. The summed E-state index contributed by atoms with van der Waals surface area (Å²) in [6.45, 7) is 13.4. The van der Waals surface area contributed by atoms with Gasteiger partial charge in [-0.25, -0.2) is 20.8 Å². The molecule has 21 heteroatoms. The van der Waals surface area contributed by atoms with Crippen molar-refractivity contribution in [3.05, 3.63) is 93.6 Å². The number of nitrogens with two attached hydrogens (primary N) is 2. The molecule has 3 heterocycles. The van der Waals surface area contributed by atoms with Crippen molar-refractivity contribution in [1.29, 1.82) is 0 Å². The van der Waals surface area contributed by atoms with E-state index in [2.05, 4.69) is 41.5 Å². The third kappa shape index (κ3) is 19.1. The fraction of sp³-hybridized carbons (Fsp3) is 0.500. The fourth-order valence-electron chi connectivity index (χ4n) is 6.92. The van der Waals surface area contributed by atoms with Gasteiger partial charge in [0.15, 0.2) is 10.9 Å². The van der Waals surface area contributed by atoms with Crippen LogP contribution in [0.3, 0.4) is 0 Å². The molecule has 0 bridgehead atoms. The van der Waals surface area contributed by atoms with E-state index in [1.54, 1.807) is 34.8 Å². The van der Waals surface area contributed by atoms with Crippen LogP contribution in [0.25, 0.3) is 10.4 Å². The number of benzene rings is 2. The zero-order valence-electron chi connectivity index (χ0n) is 40.1. The van der Waals surface area contributed by atoms with Gasteiger partial charge in [0.05, 0.1) is 98.0 Å². The van der Waals surface area contributed by atoms with Crippen molar-refractivity contribution in [2.24, 2.45) is 17.0 Å². The summed E-state index contributed by atoms with van der Waals surface area (Å²) in [7, 11) is 0. The number of carbonyl (C=O) groups is 3. The van der Waals surface area contributed by atoms with Gasteiger partial charge in [-0.2, -0.15) is 0 Å². The predicted octanol–water partition coefficient (Wildman–Crippen LogP) is 5.41. The van der Waals surface area contributed by atoms with Gasteiger partial charge in [-0.05, 0) is 76.9 Å². The molecule has 0 saturated carbocycles. The summed E-state index contributed by atoms with van der Waals surface area (Å²) in [6, 6.07) is 12.5. The third-order valence-corrected chi connectivity index (χ3v) is 13.0. The quantitative estimate of drug-likeness (QED) is 0.0175. The molecule has 69 heavy (non-hydrogen) atoms. The molecule has 0 spiro atoms. The van der Waals surface area contributed by atoms with Gasteiger partial charge < -0.3 is 54.7 Å². The minimum absolute atomic E-state index is 0.109. The number of likely N-dealkylation sites (tertiary alicyclic amines) is 1. The van der Waals surface area contributed by atoms with Gasteiger partial charge in [0.2, 0.25) is 17.7 Å². The molecule has 1 fully saturated rings. The number of amides is 3. The van der Waals surface area contributed by atoms with E-state index >= 15 is 0 Å². The Hall–Kier alpha value is -4.87. The minimum atomic E-state index is -0.848. The molecule has 6 N–H and O–H groups in total. The highest BCUT2D eigenvalue weighted by Crippen LogP contribution is 2.29. The van der Waals surface area contributed by atoms with Gasteiger partial charge in [0.1, 0.15) is 31.0 Å². The fourth-order valence-corrected chi connectivity index (χ4v) is 8.94. The molecule has 2 aromatic heterocycles. The molecule has 18 nitrogen and oxygen atoms in total. The van der Waals surface area contributed by atoms with Crippen LogP contribution in [-0.2, 0) is 39.9 Å². The lowest BCUT2D eigenvalue weighted by atomic mass is 9.85. The van der Waals surface area contributed by atoms with Gasteiger partial charge in [-0.1, -0.05) is 62.9 Å². The van der Waals surface area contributed by atoms with E-state index in [4.69, 9.17) is 40.0 Å². The number of aryl methyl sites for hydroxylation is 2. The standard InChI is InChI=1S/C48H66BrN9O9S2/c1-33-8-13-41(39(49)25-33)66-23-24-68-47-53-27-38(28-54-47)67-30-37(50)29-57(51)15-16-62-17-18-63-19-20-64-21-22-65-31-42(59)56-44(48(3,4)5)46(61)58-14-6-7-40(58)45(60)52-26-35-9-11-36(12-10-35)43-34(2)55-32-69-43/h8-13,25,27-29,32,40,44H,6-7,14-24,26,30-31,50-51H2,1-5H3,(H,52,60)(H,56,59)/b37-29-. The van der Waals surface area contributed by atoms with E-state index in [0.717, 1.165) is 37.5 Å². The number of aromatic nitrogens is 3. The number of thioether (sulfide) groups is 1. The number of halogens is 1. The first kappa shape index (κ1) is 55.1. The first-order valence-corrected chi connectivity index (χ1v) is 25.5. The molecule has 0 radical (unpaired) electrons. The second-order valence-electron chi connectivity index (χ2n) is 17.2. The second-order valence-corrected chi connectivity index (χ2v) is 20.0. The number of carbonyl (C=O) groups excluding carboxylic acids is 3. The minimum Gasteiger partial charge on any atom is -0.492 e. The van der Waals surface area contributed by atoms with Crippen LogP contribution in [0, 0.1) is 19.3 Å². The number of rotatable bonds is 29. The predicted molar refractivity (Wildman–Crippen MR) is 269 cm³/mol. The second kappa shape index (κ2) is 28.7. The van der Waals surface area contributed by atoms with Gasteiger partial charge in [0, 0.05) is 25.0 Å². The molecule has 2 aromatic carbocycles. The molecule has 1 saturated heterocycles. The Bertz CT molecular complexity index is 2250. The number of hydrogen-bond acceptors (Lipinski definition) is 17. The van der Waals surface area contributed by atoms with Crippen LogP contribution < -0.4 is 31.7 Å². The maximum atomic E-state index is 13.9. The Morgan fingerprint density at radius 1 is 0.928 bits per heavy atom. The van der Waals surface area contributed by atoms with E-state index in [1.807, 2.05) is 82.6 Å². The van der Waals surface area contributed by atoms with E-state index < -0.39 is 23.4 Å². The van der Waals surface area contributed by atoms with Gasteiger partial charge in [0.25, 0.3) is 0 Å². The van der Waals surface area contributed by atoms with Crippen molar-refractivity contribution in [2.75, 3.05) is 84.9 Å². The van der Waals surface area contributed by atoms with Crippen molar-refractivity contribution < 1.29 is 42.8 Å². The molecular formula is C48H66BrN9O9S2. The van der Waals surface area contributed by atoms with E-state index in [-0.39, 0.29) is 38.2 Å². The Labute approximate surface area is 421 Å². The highest BCUT2D eigenvalue weighted by Gasteiger charge is 2.41.